The van der Waals surface area contributed by atoms with Gasteiger partial charge in [-0.15, -0.1) is 0 Å². The largest absolute Gasteiger partial charge is 0.507 e. The van der Waals surface area contributed by atoms with Gasteiger partial charge in [-0.25, -0.2) is 4.79 Å². The summed E-state index contributed by atoms with van der Waals surface area (Å²) < 4.78 is 6.27. The van der Waals surface area contributed by atoms with E-state index >= 15 is 0 Å². The zero-order valence-corrected chi connectivity index (χ0v) is 8.97. The second-order valence-corrected chi connectivity index (χ2v) is 3.77. The molecule has 0 spiro atoms. The van der Waals surface area contributed by atoms with E-state index in [2.05, 4.69) is 0 Å². The number of esters is 1. The lowest BCUT2D eigenvalue weighted by atomic mass is 10.2. The zero-order valence-electron chi connectivity index (χ0n) is 8.97. The van der Waals surface area contributed by atoms with Gasteiger partial charge in [0.1, 0.15) is 11.3 Å². The third-order valence-corrected chi connectivity index (χ3v) is 2.49. The fraction of sp³-hybridized carbons (Fsp3) is 0.455. The summed E-state index contributed by atoms with van der Waals surface area (Å²) in [5.41, 5.74) is -0.235. The molecule has 1 saturated carbocycles. The van der Waals surface area contributed by atoms with Crippen molar-refractivity contribution in [1.82, 2.24) is 4.57 Å². The molecular weight excluding hydrogens is 210 g/mol. The minimum atomic E-state index is -0.602. The van der Waals surface area contributed by atoms with Gasteiger partial charge >= 0.3 is 5.97 Å². The van der Waals surface area contributed by atoms with Crippen molar-refractivity contribution in [2.75, 3.05) is 6.61 Å². The average molecular weight is 223 g/mol. The van der Waals surface area contributed by atoms with Gasteiger partial charge in [-0.2, -0.15) is 0 Å². The molecule has 1 aliphatic carbocycles. The van der Waals surface area contributed by atoms with E-state index in [1.54, 1.807) is 6.92 Å². The maximum atomic E-state index is 11.5. The van der Waals surface area contributed by atoms with Crippen LogP contribution < -0.4 is 5.56 Å². The maximum absolute atomic E-state index is 11.5. The third kappa shape index (κ3) is 1.93. The van der Waals surface area contributed by atoms with Gasteiger partial charge in [0.25, 0.3) is 5.56 Å². The van der Waals surface area contributed by atoms with Gasteiger partial charge in [0.15, 0.2) is 0 Å². The molecular formula is C11H13NO4. The zero-order chi connectivity index (χ0) is 11.7. The Balaban J connectivity index is 2.40. The van der Waals surface area contributed by atoms with E-state index in [0.29, 0.717) is 0 Å². The molecule has 1 N–H and O–H groups in total. The molecule has 0 aliphatic heterocycles. The summed E-state index contributed by atoms with van der Waals surface area (Å²) in [5.74, 6) is -0.922. The molecule has 0 saturated heterocycles. The van der Waals surface area contributed by atoms with Crippen molar-refractivity contribution in [3.05, 3.63) is 28.2 Å². The Bertz CT molecular complexity index is 473. The van der Waals surface area contributed by atoms with Crippen molar-refractivity contribution in [2.45, 2.75) is 25.8 Å². The molecule has 1 aromatic heterocycles. The van der Waals surface area contributed by atoms with Gasteiger partial charge in [0.05, 0.1) is 6.61 Å². The Hall–Kier alpha value is -1.78. The topological polar surface area (TPSA) is 68.5 Å². The van der Waals surface area contributed by atoms with E-state index in [9.17, 15) is 14.7 Å². The number of carbonyl (C=O) groups is 1. The molecule has 1 aromatic rings. The minimum Gasteiger partial charge on any atom is -0.507 e. The van der Waals surface area contributed by atoms with Crippen LogP contribution >= 0.6 is 0 Å². The van der Waals surface area contributed by atoms with E-state index in [-0.39, 0.29) is 29.5 Å². The number of nitrogens with zero attached hydrogens (tertiary/aromatic N) is 1. The normalized spacial score (nSPS) is 14.8. The molecule has 1 aliphatic rings. The predicted octanol–water partition coefficient (Wildman–Crippen LogP) is 1.07. The highest BCUT2D eigenvalue weighted by molar-refractivity contribution is 5.91. The monoisotopic (exact) mass is 223 g/mol. The van der Waals surface area contributed by atoms with Crippen LogP contribution in [0.15, 0.2) is 17.1 Å². The molecule has 5 heteroatoms. The second kappa shape index (κ2) is 4.00. The van der Waals surface area contributed by atoms with Crippen molar-refractivity contribution < 1.29 is 14.6 Å². The van der Waals surface area contributed by atoms with Gasteiger partial charge < -0.3 is 14.4 Å². The van der Waals surface area contributed by atoms with Crippen molar-refractivity contribution in [3.63, 3.8) is 0 Å². The lowest BCUT2D eigenvalue weighted by Crippen LogP contribution is -2.20. The molecule has 0 amide bonds. The molecule has 0 radical (unpaired) electrons. The van der Waals surface area contributed by atoms with E-state index < -0.39 is 5.97 Å². The summed E-state index contributed by atoms with van der Waals surface area (Å²) in [4.78, 5) is 23.0. The Labute approximate surface area is 92.3 Å². The number of aromatic nitrogens is 1. The van der Waals surface area contributed by atoms with Crippen molar-refractivity contribution >= 4 is 5.97 Å². The lowest BCUT2D eigenvalue weighted by Gasteiger charge is -2.08. The van der Waals surface area contributed by atoms with Gasteiger partial charge in [-0.05, 0) is 19.8 Å². The smallest absolute Gasteiger partial charge is 0.343 e. The lowest BCUT2D eigenvalue weighted by molar-refractivity contribution is 0.0522. The number of hydrogen-bond donors (Lipinski definition) is 1. The minimum absolute atomic E-state index is 0.0494. The van der Waals surface area contributed by atoms with E-state index in [0.717, 1.165) is 18.9 Å². The van der Waals surface area contributed by atoms with Gasteiger partial charge in [-0.1, -0.05) is 0 Å². The summed E-state index contributed by atoms with van der Waals surface area (Å²) >= 11 is 0. The Morgan fingerprint density at radius 1 is 1.62 bits per heavy atom. The summed E-state index contributed by atoms with van der Waals surface area (Å²) in [6, 6.07) is 1.23. The summed E-state index contributed by atoms with van der Waals surface area (Å²) in [5, 5.41) is 9.50. The summed E-state index contributed by atoms with van der Waals surface area (Å²) in [6.45, 7) is 1.92. The molecule has 16 heavy (non-hydrogen) atoms. The number of rotatable bonds is 3. The Kier molecular flexibility index (Phi) is 2.68. The molecule has 1 heterocycles. The summed E-state index contributed by atoms with van der Waals surface area (Å²) in [6.07, 6.45) is 3.26. The number of carbonyl (C=O) groups excluding carboxylic acids is 1. The van der Waals surface area contributed by atoms with Crippen LogP contribution in [0.25, 0.3) is 0 Å². The highest BCUT2D eigenvalue weighted by Gasteiger charge is 2.26. The van der Waals surface area contributed by atoms with Crippen LogP contribution in [0.2, 0.25) is 0 Å². The standard InChI is InChI=1S/C11H13NO4/c1-2-16-11(15)8-6-12(7-3-4-7)10(14)5-9(8)13/h5-7,13H,2-4H2,1H3. The van der Waals surface area contributed by atoms with Crippen LogP contribution in [0.4, 0.5) is 0 Å². The van der Waals surface area contributed by atoms with Gasteiger partial charge in [-0.3, -0.25) is 4.79 Å². The van der Waals surface area contributed by atoms with E-state index in [1.807, 2.05) is 0 Å². The fourth-order valence-electron chi connectivity index (χ4n) is 1.54. The molecule has 0 atom stereocenters. The SMILES string of the molecule is CCOC(=O)c1cn(C2CC2)c(=O)cc1O. The number of hydrogen-bond acceptors (Lipinski definition) is 4. The molecule has 2 rings (SSSR count). The van der Waals surface area contributed by atoms with Crippen molar-refractivity contribution in [1.29, 1.82) is 0 Å². The number of aromatic hydroxyl groups is 1. The first-order valence-corrected chi connectivity index (χ1v) is 5.25. The predicted molar refractivity (Wildman–Crippen MR) is 56.6 cm³/mol. The second-order valence-electron chi connectivity index (χ2n) is 3.77. The first kappa shape index (κ1) is 10.7. The fourth-order valence-corrected chi connectivity index (χ4v) is 1.54. The summed E-state index contributed by atoms with van der Waals surface area (Å²) in [7, 11) is 0. The first-order chi connectivity index (χ1) is 7.63. The Morgan fingerprint density at radius 3 is 2.88 bits per heavy atom. The molecule has 0 bridgehead atoms. The van der Waals surface area contributed by atoms with Crippen molar-refractivity contribution in [3.8, 4) is 5.75 Å². The maximum Gasteiger partial charge on any atom is 0.343 e. The van der Waals surface area contributed by atoms with Crippen LogP contribution in [-0.4, -0.2) is 22.2 Å². The third-order valence-electron chi connectivity index (χ3n) is 2.49. The molecule has 0 unspecified atom stereocenters. The first-order valence-electron chi connectivity index (χ1n) is 5.25. The number of pyridine rings is 1. The average Bonchev–Trinajstić information content (AvgIpc) is 3.01. The quantitative estimate of drug-likeness (QED) is 0.778. The highest BCUT2D eigenvalue weighted by Crippen LogP contribution is 2.34. The van der Waals surface area contributed by atoms with Gasteiger partial charge in [0, 0.05) is 18.3 Å². The Morgan fingerprint density at radius 2 is 2.31 bits per heavy atom. The van der Waals surface area contributed by atoms with Gasteiger partial charge in [0.2, 0.25) is 0 Å². The molecule has 86 valence electrons. The highest BCUT2D eigenvalue weighted by atomic mass is 16.5. The van der Waals surface area contributed by atoms with E-state index in [1.165, 1.54) is 10.8 Å². The van der Waals surface area contributed by atoms with E-state index in [4.69, 9.17) is 4.74 Å². The number of ether oxygens (including phenoxy) is 1. The van der Waals surface area contributed by atoms with Crippen LogP contribution in [0, 0.1) is 0 Å². The molecule has 5 nitrogen and oxygen atoms in total. The van der Waals surface area contributed by atoms with Crippen LogP contribution in [0.1, 0.15) is 36.2 Å². The van der Waals surface area contributed by atoms with Crippen LogP contribution in [0.3, 0.4) is 0 Å². The molecule has 0 aromatic carbocycles. The van der Waals surface area contributed by atoms with Crippen LogP contribution in [0.5, 0.6) is 5.75 Å². The molecule has 1 fully saturated rings. The van der Waals surface area contributed by atoms with Crippen LogP contribution in [-0.2, 0) is 4.74 Å². The van der Waals surface area contributed by atoms with Crippen molar-refractivity contribution in [2.24, 2.45) is 0 Å².